The van der Waals surface area contributed by atoms with E-state index in [1.54, 1.807) is 13.8 Å². The molecule has 2 N–H and O–H groups in total. The maximum Gasteiger partial charge on any atom is 0.326 e. The van der Waals surface area contributed by atoms with Crippen LogP contribution in [0.15, 0.2) is 5.18 Å². The van der Waals surface area contributed by atoms with E-state index >= 15 is 0 Å². The van der Waals surface area contributed by atoms with Gasteiger partial charge in [-0.05, 0) is 18.3 Å². The minimum absolute atomic E-state index is 0.144. The van der Waals surface area contributed by atoms with E-state index in [4.69, 9.17) is 5.11 Å². The fourth-order valence-electron chi connectivity index (χ4n) is 1.41. The minimum Gasteiger partial charge on any atom is -0.480 e. The molecule has 0 aromatic rings. The van der Waals surface area contributed by atoms with Crippen molar-refractivity contribution in [2.45, 2.75) is 46.2 Å². The van der Waals surface area contributed by atoms with Gasteiger partial charge in [-0.15, -0.1) is 4.91 Å². The number of carboxylic acid groups (broad SMARTS) is 1. The van der Waals surface area contributed by atoms with Crippen LogP contribution in [0.4, 0.5) is 0 Å². The summed E-state index contributed by atoms with van der Waals surface area (Å²) in [6.45, 7) is 7.10. The molecule has 0 aliphatic rings. The lowest BCUT2D eigenvalue weighted by Gasteiger charge is -2.20. The first-order valence-electron chi connectivity index (χ1n) is 5.65. The summed E-state index contributed by atoms with van der Waals surface area (Å²) < 4.78 is 0. The largest absolute Gasteiger partial charge is 0.480 e. The maximum atomic E-state index is 11.7. The summed E-state index contributed by atoms with van der Waals surface area (Å²) in [4.78, 5) is 33.1. The number of rotatable bonds is 7. The van der Waals surface area contributed by atoms with Crippen molar-refractivity contribution in [2.75, 3.05) is 0 Å². The third kappa shape index (κ3) is 5.42. The van der Waals surface area contributed by atoms with Crippen molar-refractivity contribution < 1.29 is 14.7 Å². The van der Waals surface area contributed by atoms with E-state index < -0.39 is 24.0 Å². The lowest BCUT2D eigenvalue weighted by atomic mass is 10.0. The number of aliphatic carboxylic acids is 1. The number of nitrogens with one attached hydrogen (secondary N) is 1. The molecule has 0 rings (SSSR count). The first-order valence-corrected chi connectivity index (χ1v) is 5.65. The number of nitrogens with zero attached hydrogens (tertiary/aromatic N) is 1. The molecule has 0 saturated carbocycles. The highest BCUT2D eigenvalue weighted by Gasteiger charge is 2.28. The highest BCUT2D eigenvalue weighted by atomic mass is 16.4. The van der Waals surface area contributed by atoms with Crippen LogP contribution in [-0.2, 0) is 9.59 Å². The molecule has 2 atom stereocenters. The number of nitroso groups, excluding NO2 is 1. The van der Waals surface area contributed by atoms with E-state index in [9.17, 15) is 14.5 Å². The number of hydrogen-bond acceptors (Lipinski definition) is 4. The van der Waals surface area contributed by atoms with Gasteiger partial charge in [0.2, 0.25) is 5.91 Å². The SMILES string of the molecule is CC(C)C[C@H](N=O)C(=O)N[C@H](C(=O)O)C(C)C. The number of carbonyl (C=O) groups is 2. The fraction of sp³-hybridized carbons (Fsp3) is 0.818. The van der Waals surface area contributed by atoms with E-state index in [0.29, 0.717) is 6.42 Å². The normalized spacial score (nSPS) is 14.5. The van der Waals surface area contributed by atoms with E-state index in [1.165, 1.54) is 0 Å². The molecule has 0 spiro atoms. The Balaban J connectivity index is 4.57. The number of carbonyl (C=O) groups excluding carboxylic acids is 1. The van der Waals surface area contributed by atoms with Crippen LogP contribution in [0.1, 0.15) is 34.1 Å². The van der Waals surface area contributed by atoms with Crippen LogP contribution in [0, 0.1) is 16.7 Å². The van der Waals surface area contributed by atoms with Crippen molar-refractivity contribution in [3.8, 4) is 0 Å². The van der Waals surface area contributed by atoms with Crippen LogP contribution in [0.25, 0.3) is 0 Å². The third-order valence-electron chi connectivity index (χ3n) is 2.36. The van der Waals surface area contributed by atoms with Gasteiger partial charge in [-0.2, -0.15) is 0 Å². The van der Waals surface area contributed by atoms with Crippen LogP contribution < -0.4 is 5.32 Å². The summed E-state index contributed by atoms with van der Waals surface area (Å²) in [7, 11) is 0. The van der Waals surface area contributed by atoms with Crippen LogP contribution >= 0.6 is 0 Å². The quantitative estimate of drug-likeness (QED) is 0.661. The van der Waals surface area contributed by atoms with Crippen molar-refractivity contribution in [1.29, 1.82) is 0 Å². The van der Waals surface area contributed by atoms with Crippen LogP contribution in [0.5, 0.6) is 0 Å². The molecule has 1 amide bonds. The van der Waals surface area contributed by atoms with Crippen molar-refractivity contribution >= 4 is 11.9 Å². The first kappa shape index (κ1) is 15.5. The zero-order valence-electron chi connectivity index (χ0n) is 10.6. The van der Waals surface area contributed by atoms with E-state index in [2.05, 4.69) is 10.5 Å². The average Bonchev–Trinajstić information content (AvgIpc) is 2.20. The Kier molecular flexibility index (Phi) is 6.38. The molecule has 17 heavy (non-hydrogen) atoms. The zero-order chi connectivity index (χ0) is 13.6. The Hall–Kier alpha value is -1.46. The highest BCUT2D eigenvalue weighted by molar-refractivity contribution is 5.87. The second-order valence-electron chi connectivity index (χ2n) is 4.82. The predicted octanol–water partition coefficient (Wildman–Crippen LogP) is 1.39. The molecule has 6 heteroatoms. The van der Waals surface area contributed by atoms with E-state index in [-0.39, 0.29) is 11.8 Å². The molecule has 0 saturated heterocycles. The van der Waals surface area contributed by atoms with Crippen molar-refractivity contribution in [3.63, 3.8) is 0 Å². The Morgan fingerprint density at radius 3 is 2.06 bits per heavy atom. The molecule has 0 aromatic carbocycles. The van der Waals surface area contributed by atoms with Gasteiger partial charge >= 0.3 is 5.97 Å². The van der Waals surface area contributed by atoms with Gasteiger partial charge in [0.1, 0.15) is 6.04 Å². The van der Waals surface area contributed by atoms with Gasteiger partial charge in [0.25, 0.3) is 0 Å². The fourth-order valence-corrected chi connectivity index (χ4v) is 1.41. The first-order chi connectivity index (χ1) is 7.79. The Labute approximate surface area is 101 Å². The Morgan fingerprint density at radius 2 is 1.76 bits per heavy atom. The lowest BCUT2D eigenvalue weighted by molar-refractivity contribution is -0.143. The van der Waals surface area contributed by atoms with Gasteiger partial charge in [0.05, 0.1) is 0 Å². The third-order valence-corrected chi connectivity index (χ3v) is 2.36. The molecule has 6 nitrogen and oxygen atoms in total. The van der Waals surface area contributed by atoms with Crippen LogP contribution in [-0.4, -0.2) is 29.1 Å². The van der Waals surface area contributed by atoms with E-state index in [0.717, 1.165) is 0 Å². The van der Waals surface area contributed by atoms with Gasteiger partial charge in [-0.3, -0.25) is 4.79 Å². The number of carboxylic acids is 1. The van der Waals surface area contributed by atoms with Crippen molar-refractivity contribution in [1.82, 2.24) is 5.32 Å². The summed E-state index contributed by atoms with van der Waals surface area (Å²) in [5.74, 6) is -1.83. The summed E-state index contributed by atoms with van der Waals surface area (Å²) in [6.07, 6.45) is 0.319. The molecule has 98 valence electrons. The summed E-state index contributed by atoms with van der Waals surface area (Å²) >= 11 is 0. The van der Waals surface area contributed by atoms with Crippen LogP contribution in [0.2, 0.25) is 0 Å². The molecule has 0 aliphatic carbocycles. The van der Waals surface area contributed by atoms with Gasteiger partial charge in [-0.1, -0.05) is 32.9 Å². The number of hydrogen-bond donors (Lipinski definition) is 2. The molecular weight excluding hydrogens is 224 g/mol. The molecule has 0 radical (unpaired) electrons. The Bertz CT molecular complexity index is 289. The van der Waals surface area contributed by atoms with Crippen molar-refractivity contribution in [3.05, 3.63) is 4.91 Å². The molecular formula is C11H20N2O4. The molecule has 0 aromatic heterocycles. The molecule has 0 heterocycles. The zero-order valence-corrected chi connectivity index (χ0v) is 10.6. The van der Waals surface area contributed by atoms with E-state index in [1.807, 2.05) is 13.8 Å². The summed E-state index contributed by atoms with van der Waals surface area (Å²) in [5, 5.41) is 14.0. The second-order valence-corrected chi connectivity index (χ2v) is 4.82. The topological polar surface area (TPSA) is 95.8 Å². The smallest absolute Gasteiger partial charge is 0.326 e. The average molecular weight is 244 g/mol. The highest BCUT2D eigenvalue weighted by Crippen LogP contribution is 2.10. The predicted molar refractivity (Wildman–Crippen MR) is 63.4 cm³/mol. The molecule has 0 bridgehead atoms. The second kappa shape index (κ2) is 6.98. The summed E-state index contributed by atoms with van der Waals surface area (Å²) in [6, 6.07) is -2.01. The maximum absolute atomic E-state index is 11.7. The monoisotopic (exact) mass is 244 g/mol. The van der Waals surface area contributed by atoms with Gasteiger partial charge in [0, 0.05) is 0 Å². The summed E-state index contributed by atoms with van der Waals surface area (Å²) in [5.41, 5.74) is 0. The number of amides is 1. The molecule has 0 unspecified atom stereocenters. The van der Waals surface area contributed by atoms with Crippen LogP contribution in [0.3, 0.4) is 0 Å². The van der Waals surface area contributed by atoms with Crippen molar-refractivity contribution in [2.24, 2.45) is 17.0 Å². The lowest BCUT2D eigenvalue weighted by Crippen LogP contribution is -2.47. The van der Waals surface area contributed by atoms with Gasteiger partial charge < -0.3 is 10.4 Å². The minimum atomic E-state index is -1.11. The van der Waals surface area contributed by atoms with Gasteiger partial charge in [0.15, 0.2) is 6.04 Å². The standard InChI is InChI=1S/C11H20N2O4/c1-6(2)5-8(13-17)10(14)12-9(7(3)4)11(15)16/h6-9H,5H2,1-4H3,(H,12,14)(H,15,16)/t8-,9-/m0/s1. The van der Waals surface area contributed by atoms with Gasteiger partial charge in [-0.25, -0.2) is 4.79 Å². The Morgan fingerprint density at radius 1 is 1.24 bits per heavy atom. The molecule has 0 aliphatic heterocycles. The molecule has 0 fully saturated rings.